The second-order valence-corrected chi connectivity index (χ2v) is 20.6. The van der Waals surface area contributed by atoms with Gasteiger partial charge in [0.15, 0.2) is 17.5 Å². The molecule has 0 aliphatic carbocycles. The van der Waals surface area contributed by atoms with Crippen LogP contribution < -0.4 is 0 Å². The molecule has 0 unspecified atom stereocenters. The molecule has 11 aromatic carbocycles. The normalized spacial score (nSPS) is 11.7. The lowest BCUT2D eigenvalue weighted by Crippen LogP contribution is -2.00. The van der Waals surface area contributed by atoms with Gasteiger partial charge in [0.2, 0.25) is 0 Å². The molecule has 81 heavy (non-hydrogen) atoms. The molecule has 0 radical (unpaired) electrons. The van der Waals surface area contributed by atoms with Crippen molar-refractivity contribution in [2.24, 2.45) is 0 Å². The largest absolute Gasteiger partial charge is 0.309 e. The molecule has 5 aromatic heterocycles. The summed E-state index contributed by atoms with van der Waals surface area (Å²) < 4.78 is 7.25. The maximum Gasteiger partial charge on any atom is 0.164 e. The van der Waals surface area contributed by atoms with Crippen molar-refractivity contribution in [3.8, 4) is 84.7 Å². The average molecular weight is 1030 g/mol. The number of rotatable bonds is 9. The van der Waals surface area contributed by atoms with E-state index in [0.29, 0.717) is 17.5 Å². The van der Waals surface area contributed by atoms with Gasteiger partial charge in [-0.15, -0.1) is 0 Å². The zero-order chi connectivity index (χ0) is 53.4. The third-order valence-corrected chi connectivity index (χ3v) is 16.0. The Bertz CT molecular complexity index is 4740. The zero-order valence-electron chi connectivity index (χ0n) is 43.8. The highest BCUT2D eigenvalue weighted by atomic mass is 15.0. The second kappa shape index (κ2) is 18.9. The number of pyridine rings is 1. The number of hydrogen-bond acceptors (Lipinski definition) is 4. The molecule has 16 aromatic rings. The van der Waals surface area contributed by atoms with Crippen molar-refractivity contribution in [3.63, 3.8) is 0 Å². The van der Waals surface area contributed by atoms with Gasteiger partial charge in [0.25, 0.3) is 0 Å². The van der Waals surface area contributed by atoms with Crippen molar-refractivity contribution in [1.29, 1.82) is 0 Å². The highest BCUT2D eigenvalue weighted by Crippen LogP contribution is 2.43. The van der Waals surface area contributed by atoms with Crippen LogP contribution in [0.4, 0.5) is 0 Å². The van der Waals surface area contributed by atoms with E-state index in [4.69, 9.17) is 19.9 Å². The molecule has 0 amide bonds. The maximum absolute atomic E-state index is 5.16. The maximum atomic E-state index is 5.16. The van der Waals surface area contributed by atoms with Crippen molar-refractivity contribution in [2.45, 2.75) is 0 Å². The van der Waals surface area contributed by atoms with Crippen LogP contribution >= 0.6 is 0 Å². The number of para-hydroxylation sites is 4. The van der Waals surface area contributed by atoms with Crippen LogP contribution in [0.25, 0.3) is 150 Å². The molecule has 0 fully saturated rings. The first-order valence-corrected chi connectivity index (χ1v) is 27.4. The predicted molar refractivity (Wildman–Crippen MR) is 333 cm³/mol. The smallest absolute Gasteiger partial charge is 0.164 e. The van der Waals surface area contributed by atoms with E-state index in [1.807, 2.05) is 66.9 Å². The Hall–Kier alpha value is -11.0. The van der Waals surface area contributed by atoms with Crippen molar-refractivity contribution < 1.29 is 0 Å². The van der Waals surface area contributed by atoms with Gasteiger partial charge in [-0.25, -0.2) is 15.0 Å². The van der Waals surface area contributed by atoms with Gasteiger partial charge in [-0.2, -0.15) is 0 Å². The third-order valence-electron chi connectivity index (χ3n) is 16.0. The third kappa shape index (κ3) is 7.66. The lowest BCUT2D eigenvalue weighted by Gasteiger charge is -2.16. The molecule has 7 nitrogen and oxygen atoms in total. The van der Waals surface area contributed by atoms with Crippen molar-refractivity contribution >= 4 is 65.4 Å². The Morgan fingerprint density at radius 2 is 0.568 bits per heavy atom. The molecule has 0 aliphatic rings. The summed E-state index contributed by atoms with van der Waals surface area (Å²) in [4.78, 5) is 20.1. The molecule has 0 saturated heterocycles. The minimum absolute atomic E-state index is 0.614. The fraction of sp³-hybridized carbons (Fsp3) is 0. The van der Waals surface area contributed by atoms with Gasteiger partial charge in [0.1, 0.15) is 0 Å². The SMILES string of the molecule is c1ccc(-c2nc(-c3ccccc3)nc(-c3ccc(-c4ccnc(-c5ccc(-n6c7ccc(-n8c9ccccc9c9ccccc98)cc7c7cc(-n8c9ccccc9c9ccccc98)ccc76)cc5)c4-c4ccccc4)cc3)n2)cc1. The predicted octanol–water partition coefficient (Wildman–Crippen LogP) is 18.6. The second-order valence-electron chi connectivity index (χ2n) is 20.6. The fourth-order valence-corrected chi connectivity index (χ4v) is 12.3. The Morgan fingerprint density at radius 3 is 1.01 bits per heavy atom. The van der Waals surface area contributed by atoms with Crippen LogP contribution in [0, 0.1) is 0 Å². The minimum atomic E-state index is 0.614. The van der Waals surface area contributed by atoms with E-state index in [-0.39, 0.29) is 0 Å². The summed E-state index contributed by atoms with van der Waals surface area (Å²) in [5.41, 5.74) is 19.2. The Labute approximate surface area is 466 Å². The van der Waals surface area contributed by atoms with Crippen LogP contribution in [0.5, 0.6) is 0 Å². The van der Waals surface area contributed by atoms with Crippen LogP contribution in [0.15, 0.2) is 285 Å². The molecule has 16 rings (SSSR count). The highest BCUT2D eigenvalue weighted by molar-refractivity contribution is 6.14. The number of hydrogen-bond donors (Lipinski definition) is 0. The van der Waals surface area contributed by atoms with Gasteiger partial charge in [0, 0.05) is 83.4 Å². The standard InChI is InChI=1S/C74H47N7/c1-4-18-49(19-5-1)70-57(48-32-34-53(35-33-48)74-77-72(51-20-6-2-7-21-51)76-73(78-74)52-22-8-3-9-23-52)44-45-75-71(70)50-36-38-54(39-37-50)79-68-42-40-55(80-64-28-14-10-24-58(64)59-25-11-15-29-65(59)80)46-62(68)63-47-56(41-43-69(63)79)81-66-30-16-12-26-60(66)61-27-13-17-31-67(61)81/h1-47H. The van der Waals surface area contributed by atoms with Crippen LogP contribution in [-0.4, -0.2) is 33.6 Å². The van der Waals surface area contributed by atoms with Gasteiger partial charge in [-0.05, 0) is 95.6 Å². The van der Waals surface area contributed by atoms with Crippen LogP contribution in [0.2, 0.25) is 0 Å². The lowest BCUT2D eigenvalue weighted by molar-refractivity contribution is 1.07. The minimum Gasteiger partial charge on any atom is -0.309 e. The molecule has 0 atom stereocenters. The number of benzene rings is 11. The fourth-order valence-electron chi connectivity index (χ4n) is 12.3. The summed E-state index contributed by atoms with van der Waals surface area (Å²) in [5, 5.41) is 7.31. The molecular formula is C74H47N7. The van der Waals surface area contributed by atoms with Crippen molar-refractivity contribution in [3.05, 3.63) is 285 Å². The van der Waals surface area contributed by atoms with E-state index < -0.39 is 0 Å². The molecule has 7 heteroatoms. The summed E-state index contributed by atoms with van der Waals surface area (Å²) in [7, 11) is 0. The molecule has 378 valence electrons. The number of nitrogens with zero attached hydrogens (tertiary/aromatic N) is 7. The zero-order valence-corrected chi connectivity index (χ0v) is 43.8. The van der Waals surface area contributed by atoms with Crippen molar-refractivity contribution in [1.82, 2.24) is 33.6 Å². The topological polar surface area (TPSA) is 66.3 Å². The number of fused-ring (bicyclic) bond motifs is 9. The molecule has 0 N–H and O–H groups in total. The van der Waals surface area contributed by atoms with E-state index in [2.05, 4.69) is 232 Å². The molecular weight excluding hydrogens is 987 g/mol. The van der Waals surface area contributed by atoms with Gasteiger partial charge in [-0.1, -0.05) is 200 Å². The molecule has 5 heterocycles. The first kappa shape index (κ1) is 46.1. The average Bonchev–Trinajstić information content (AvgIpc) is 4.25. The van der Waals surface area contributed by atoms with Crippen molar-refractivity contribution in [2.75, 3.05) is 0 Å². The Kier molecular flexibility index (Phi) is 10.7. The molecule has 0 aliphatic heterocycles. The summed E-state index contributed by atoms with van der Waals surface area (Å²) in [5.74, 6) is 1.88. The van der Waals surface area contributed by atoms with Crippen LogP contribution in [-0.2, 0) is 0 Å². The summed E-state index contributed by atoms with van der Waals surface area (Å²) in [6.07, 6.45) is 1.93. The lowest BCUT2D eigenvalue weighted by atomic mass is 9.91. The summed E-state index contributed by atoms with van der Waals surface area (Å²) in [6.45, 7) is 0. The molecule has 0 saturated carbocycles. The van der Waals surface area contributed by atoms with Gasteiger partial charge in [0.05, 0.1) is 38.8 Å². The Balaban J connectivity index is 0.827. The Morgan fingerprint density at radius 1 is 0.235 bits per heavy atom. The molecule has 0 spiro atoms. The summed E-state index contributed by atoms with van der Waals surface area (Å²) >= 11 is 0. The van der Waals surface area contributed by atoms with Gasteiger partial charge < -0.3 is 13.7 Å². The van der Waals surface area contributed by atoms with E-state index in [0.717, 1.165) is 78.3 Å². The van der Waals surface area contributed by atoms with Gasteiger partial charge in [-0.3, -0.25) is 4.98 Å². The summed E-state index contributed by atoms with van der Waals surface area (Å²) in [6, 6.07) is 99.3. The highest BCUT2D eigenvalue weighted by Gasteiger charge is 2.21. The quantitative estimate of drug-likeness (QED) is 0.144. The monoisotopic (exact) mass is 1030 g/mol. The molecule has 0 bridgehead atoms. The van der Waals surface area contributed by atoms with Gasteiger partial charge >= 0.3 is 0 Å². The number of aromatic nitrogens is 7. The van der Waals surface area contributed by atoms with Crippen LogP contribution in [0.3, 0.4) is 0 Å². The first-order valence-electron chi connectivity index (χ1n) is 27.4. The van der Waals surface area contributed by atoms with E-state index in [1.165, 1.54) is 54.4 Å². The first-order chi connectivity index (χ1) is 40.2. The van der Waals surface area contributed by atoms with Crippen LogP contribution in [0.1, 0.15) is 0 Å². The van der Waals surface area contributed by atoms with E-state index in [9.17, 15) is 0 Å². The van der Waals surface area contributed by atoms with E-state index in [1.54, 1.807) is 0 Å². The van der Waals surface area contributed by atoms with E-state index >= 15 is 0 Å².